The Kier molecular flexibility index (Phi) is 6.98. The van der Waals surface area contributed by atoms with Crippen LogP contribution in [-0.4, -0.2) is 43.3 Å². The molecule has 0 fully saturated rings. The second-order valence-electron chi connectivity index (χ2n) is 9.42. The molecule has 1 atom stereocenters. The zero-order valence-corrected chi connectivity index (χ0v) is 19.7. The van der Waals surface area contributed by atoms with E-state index in [1.807, 2.05) is 20.8 Å². The molecule has 7 nitrogen and oxygen atoms in total. The standard InChI is InChI=1S/C25H33NO6/c1-14(2)31-9-10-32-24(29)21-15(3)26-17-12-25(4,5)13-19(28)23(17)22(21)16-7-8-20(30-6)18(27)11-16/h7-8,11,14,22,26-27H,9-10,12-13H2,1-6H3. The van der Waals surface area contributed by atoms with Crippen molar-refractivity contribution in [1.29, 1.82) is 0 Å². The number of dihydropyridines is 1. The fourth-order valence-electron chi connectivity index (χ4n) is 4.42. The molecule has 1 aromatic carbocycles. The minimum Gasteiger partial charge on any atom is -0.504 e. The van der Waals surface area contributed by atoms with Crippen LogP contribution >= 0.6 is 0 Å². The molecule has 2 N–H and O–H groups in total. The number of methoxy groups -OCH3 is 1. The zero-order chi connectivity index (χ0) is 23.6. The Morgan fingerprint density at radius 2 is 1.97 bits per heavy atom. The quantitative estimate of drug-likeness (QED) is 0.486. The first-order valence-electron chi connectivity index (χ1n) is 10.9. The van der Waals surface area contributed by atoms with Gasteiger partial charge in [-0.15, -0.1) is 0 Å². The summed E-state index contributed by atoms with van der Waals surface area (Å²) < 4.78 is 16.1. The number of allylic oxidation sites excluding steroid dienone is 3. The normalized spacial score (nSPS) is 20.2. The maximum absolute atomic E-state index is 13.3. The Morgan fingerprint density at radius 1 is 1.25 bits per heavy atom. The number of ketones is 1. The summed E-state index contributed by atoms with van der Waals surface area (Å²) in [5, 5.41) is 13.7. The summed E-state index contributed by atoms with van der Waals surface area (Å²) >= 11 is 0. The SMILES string of the molecule is COc1ccc(C2C(C(=O)OCCOC(C)C)=C(C)NC3=C2C(=O)CC(C)(C)C3)cc1O. The minimum absolute atomic E-state index is 0.00926. The van der Waals surface area contributed by atoms with Crippen LogP contribution in [0.25, 0.3) is 0 Å². The molecule has 3 rings (SSSR count). The van der Waals surface area contributed by atoms with Gasteiger partial charge in [0.1, 0.15) is 6.61 Å². The number of phenols is 1. The molecule has 1 unspecified atom stereocenters. The van der Waals surface area contributed by atoms with Crippen molar-refractivity contribution in [1.82, 2.24) is 5.32 Å². The molecule has 1 heterocycles. The minimum atomic E-state index is -0.634. The van der Waals surface area contributed by atoms with Gasteiger partial charge in [-0.2, -0.15) is 0 Å². The molecule has 0 amide bonds. The lowest BCUT2D eigenvalue weighted by Crippen LogP contribution is -2.38. The Hall–Kier alpha value is -2.80. The topological polar surface area (TPSA) is 94.1 Å². The highest BCUT2D eigenvalue weighted by molar-refractivity contribution is 6.04. The molecule has 1 aromatic rings. The number of hydrogen-bond acceptors (Lipinski definition) is 7. The number of aromatic hydroxyl groups is 1. The van der Waals surface area contributed by atoms with Crippen molar-refractivity contribution in [2.75, 3.05) is 20.3 Å². The predicted molar refractivity (Wildman–Crippen MR) is 120 cm³/mol. The van der Waals surface area contributed by atoms with E-state index in [-0.39, 0.29) is 36.3 Å². The van der Waals surface area contributed by atoms with Crippen LogP contribution in [-0.2, 0) is 19.1 Å². The van der Waals surface area contributed by atoms with Crippen LogP contribution in [0.3, 0.4) is 0 Å². The van der Waals surface area contributed by atoms with E-state index in [0.717, 1.165) is 5.70 Å². The van der Waals surface area contributed by atoms with Gasteiger partial charge < -0.3 is 24.6 Å². The third-order valence-corrected chi connectivity index (χ3v) is 5.76. The molecule has 32 heavy (non-hydrogen) atoms. The molecule has 0 radical (unpaired) electrons. The van der Waals surface area contributed by atoms with E-state index >= 15 is 0 Å². The van der Waals surface area contributed by atoms with E-state index in [1.54, 1.807) is 18.2 Å². The first kappa shape index (κ1) is 23.9. The van der Waals surface area contributed by atoms with E-state index in [1.165, 1.54) is 7.11 Å². The number of nitrogens with one attached hydrogen (secondary N) is 1. The van der Waals surface area contributed by atoms with Crippen molar-refractivity contribution in [3.63, 3.8) is 0 Å². The fourth-order valence-corrected chi connectivity index (χ4v) is 4.42. The average molecular weight is 444 g/mol. The lowest BCUT2D eigenvalue weighted by molar-refractivity contribution is -0.141. The molecular weight excluding hydrogens is 410 g/mol. The molecule has 1 aliphatic heterocycles. The van der Waals surface area contributed by atoms with Crippen molar-refractivity contribution in [2.24, 2.45) is 5.41 Å². The van der Waals surface area contributed by atoms with Gasteiger partial charge in [0, 0.05) is 29.3 Å². The van der Waals surface area contributed by atoms with Gasteiger partial charge in [0.15, 0.2) is 17.3 Å². The van der Waals surface area contributed by atoms with E-state index in [2.05, 4.69) is 19.2 Å². The molecular formula is C25H33NO6. The molecule has 0 spiro atoms. The summed E-state index contributed by atoms with van der Waals surface area (Å²) in [7, 11) is 1.47. The van der Waals surface area contributed by atoms with Crippen molar-refractivity contribution in [3.8, 4) is 11.5 Å². The highest BCUT2D eigenvalue weighted by Gasteiger charge is 2.43. The highest BCUT2D eigenvalue weighted by atomic mass is 16.6. The van der Waals surface area contributed by atoms with Crippen LogP contribution in [0, 0.1) is 5.41 Å². The molecule has 0 saturated heterocycles. The Labute approximate surface area is 189 Å². The third-order valence-electron chi connectivity index (χ3n) is 5.76. The van der Waals surface area contributed by atoms with Crippen LogP contribution in [0.2, 0.25) is 0 Å². The monoisotopic (exact) mass is 443 g/mol. The number of benzene rings is 1. The molecule has 0 bridgehead atoms. The number of phenolic OH excluding ortho intramolecular Hbond substituents is 1. The van der Waals surface area contributed by atoms with Crippen LogP contribution in [0.4, 0.5) is 0 Å². The van der Waals surface area contributed by atoms with Gasteiger partial charge in [-0.25, -0.2) is 4.79 Å². The fraction of sp³-hybridized carbons (Fsp3) is 0.520. The smallest absolute Gasteiger partial charge is 0.336 e. The number of carbonyl (C=O) groups excluding carboxylic acids is 2. The largest absolute Gasteiger partial charge is 0.504 e. The molecule has 0 saturated carbocycles. The lowest BCUT2D eigenvalue weighted by atomic mass is 9.68. The van der Waals surface area contributed by atoms with Crippen LogP contribution in [0.1, 0.15) is 58.9 Å². The highest BCUT2D eigenvalue weighted by Crippen LogP contribution is 2.47. The van der Waals surface area contributed by atoms with Crippen molar-refractivity contribution in [2.45, 2.75) is 59.5 Å². The van der Waals surface area contributed by atoms with E-state index in [4.69, 9.17) is 14.2 Å². The summed E-state index contributed by atoms with van der Waals surface area (Å²) in [5.41, 5.74) is 2.85. The first-order chi connectivity index (χ1) is 15.0. The summed E-state index contributed by atoms with van der Waals surface area (Å²) in [5.74, 6) is -0.879. The Morgan fingerprint density at radius 3 is 2.59 bits per heavy atom. The van der Waals surface area contributed by atoms with Gasteiger partial charge in [0.05, 0.1) is 25.4 Å². The summed E-state index contributed by atoms with van der Waals surface area (Å²) in [6, 6.07) is 4.96. The van der Waals surface area contributed by atoms with E-state index in [9.17, 15) is 14.7 Å². The maximum atomic E-state index is 13.3. The van der Waals surface area contributed by atoms with Gasteiger partial charge >= 0.3 is 5.97 Å². The molecule has 174 valence electrons. The number of Topliss-reactive ketones (excluding diaryl/α,β-unsaturated/α-hetero) is 1. The molecule has 1 aliphatic carbocycles. The van der Waals surface area contributed by atoms with Gasteiger partial charge in [-0.1, -0.05) is 19.9 Å². The number of esters is 1. The first-order valence-corrected chi connectivity index (χ1v) is 10.9. The Bertz CT molecular complexity index is 973. The summed E-state index contributed by atoms with van der Waals surface area (Å²) in [6.07, 6.45) is 1.11. The number of hydrogen-bond donors (Lipinski definition) is 2. The van der Waals surface area contributed by atoms with Gasteiger partial charge in [-0.3, -0.25) is 4.79 Å². The van der Waals surface area contributed by atoms with Crippen molar-refractivity contribution in [3.05, 3.63) is 46.3 Å². The number of ether oxygens (including phenoxy) is 3. The van der Waals surface area contributed by atoms with Gasteiger partial charge in [-0.05, 0) is 50.3 Å². The zero-order valence-electron chi connectivity index (χ0n) is 19.7. The Balaban J connectivity index is 2.02. The predicted octanol–water partition coefficient (Wildman–Crippen LogP) is 3.97. The summed E-state index contributed by atoms with van der Waals surface area (Å²) in [6.45, 7) is 10.2. The second kappa shape index (κ2) is 9.36. The molecule has 2 aliphatic rings. The lowest BCUT2D eigenvalue weighted by Gasteiger charge is -2.39. The van der Waals surface area contributed by atoms with Crippen LogP contribution in [0.15, 0.2) is 40.7 Å². The van der Waals surface area contributed by atoms with E-state index < -0.39 is 11.9 Å². The third kappa shape index (κ3) is 4.99. The second-order valence-corrected chi connectivity index (χ2v) is 9.42. The maximum Gasteiger partial charge on any atom is 0.336 e. The van der Waals surface area contributed by atoms with Crippen molar-refractivity contribution >= 4 is 11.8 Å². The molecule has 7 heteroatoms. The summed E-state index contributed by atoms with van der Waals surface area (Å²) in [4.78, 5) is 26.4. The van der Waals surface area contributed by atoms with Crippen LogP contribution in [0.5, 0.6) is 11.5 Å². The van der Waals surface area contributed by atoms with E-state index in [0.29, 0.717) is 41.0 Å². The molecule has 0 aromatic heterocycles. The van der Waals surface area contributed by atoms with Gasteiger partial charge in [0.25, 0.3) is 0 Å². The van der Waals surface area contributed by atoms with Crippen molar-refractivity contribution < 1.29 is 28.9 Å². The van der Waals surface area contributed by atoms with Gasteiger partial charge in [0.2, 0.25) is 0 Å². The number of rotatable bonds is 7. The van der Waals surface area contributed by atoms with Crippen LogP contribution < -0.4 is 10.1 Å². The average Bonchev–Trinajstić information content (AvgIpc) is 2.68. The number of carbonyl (C=O) groups is 2.